The Morgan fingerprint density at radius 3 is 2.27 bits per heavy atom. The summed E-state index contributed by atoms with van der Waals surface area (Å²) >= 11 is 0. The molecule has 2 aromatic rings. The van der Waals surface area contributed by atoms with Gasteiger partial charge in [0.1, 0.15) is 17.1 Å². The molecular formula is C16H16O6. The maximum Gasteiger partial charge on any atom is 0.347 e. The lowest BCUT2D eigenvalue weighted by Crippen LogP contribution is -2.10. The number of carbonyl (C=O) groups is 2. The zero-order valence-corrected chi connectivity index (χ0v) is 12.8. The highest BCUT2D eigenvalue weighted by Crippen LogP contribution is 2.29. The van der Waals surface area contributed by atoms with Gasteiger partial charge in [-0.3, -0.25) is 0 Å². The van der Waals surface area contributed by atoms with Crippen LogP contribution in [0.15, 0.2) is 28.7 Å². The van der Waals surface area contributed by atoms with Crippen LogP contribution in [0.25, 0.3) is 0 Å². The lowest BCUT2D eigenvalue weighted by Gasteiger charge is -2.10. The Morgan fingerprint density at radius 2 is 1.73 bits per heavy atom. The van der Waals surface area contributed by atoms with Crippen LogP contribution in [0.3, 0.4) is 0 Å². The second kappa shape index (κ2) is 6.34. The van der Waals surface area contributed by atoms with Crippen molar-refractivity contribution in [2.75, 3.05) is 14.2 Å². The number of carbonyl (C=O) groups excluding carboxylic acids is 2. The van der Waals surface area contributed by atoms with Gasteiger partial charge in [0.15, 0.2) is 11.5 Å². The van der Waals surface area contributed by atoms with Crippen LogP contribution in [0.4, 0.5) is 0 Å². The van der Waals surface area contributed by atoms with E-state index < -0.39 is 11.9 Å². The SMILES string of the molecule is COC(=O)c1ccc(OC(=O)c2cc(C)oc2C)c(OC)c1. The highest BCUT2D eigenvalue weighted by molar-refractivity contribution is 5.93. The van der Waals surface area contributed by atoms with E-state index in [4.69, 9.17) is 13.9 Å². The summed E-state index contributed by atoms with van der Waals surface area (Å²) in [7, 11) is 2.70. The Hall–Kier alpha value is -2.76. The molecule has 1 aromatic heterocycles. The fraction of sp³-hybridized carbons (Fsp3) is 0.250. The molecule has 22 heavy (non-hydrogen) atoms. The molecule has 116 valence electrons. The molecule has 0 fully saturated rings. The Kier molecular flexibility index (Phi) is 4.50. The zero-order valence-electron chi connectivity index (χ0n) is 12.8. The first kappa shape index (κ1) is 15.6. The molecule has 2 rings (SSSR count). The van der Waals surface area contributed by atoms with Crippen molar-refractivity contribution in [2.24, 2.45) is 0 Å². The monoisotopic (exact) mass is 304 g/mol. The molecule has 1 heterocycles. The molecule has 0 bridgehead atoms. The minimum Gasteiger partial charge on any atom is -0.493 e. The Bertz CT molecular complexity index is 713. The summed E-state index contributed by atoms with van der Waals surface area (Å²) in [6.45, 7) is 3.43. The molecule has 0 N–H and O–H groups in total. The molecule has 0 unspecified atom stereocenters. The third kappa shape index (κ3) is 3.11. The van der Waals surface area contributed by atoms with Crippen LogP contribution in [-0.2, 0) is 4.74 Å². The lowest BCUT2D eigenvalue weighted by molar-refractivity contribution is 0.0600. The zero-order chi connectivity index (χ0) is 16.3. The van der Waals surface area contributed by atoms with Gasteiger partial charge in [-0.1, -0.05) is 0 Å². The van der Waals surface area contributed by atoms with E-state index in [0.717, 1.165) is 0 Å². The van der Waals surface area contributed by atoms with Crippen LogP contribution in [-0.4, -0.2) is 26.2 Å². The van der Waals surface area contributed by atoms with Crippen LogP contribution in [0.5, 0.6) is 11.5 Å². The topological polar surface area (TPSA) is 75.0 Å². The summed E-state index contributed by atoms with van der Waals surface area (Å²) in [4.78, 5) is 23.6. The summed E-state index contributed by atoms with van der Waals surface area (Å²) in [6, 6.07) is 6.02. The van der Waals surface area contributed by atoms with E-state index in [1.165, 1.54) is 32.4 Å². The number of ether oxygens (including phenoxy) is 3. The number of hydrogen-bond donors (Lipinski definition) is 0. The van der Waals surface area contributed by atoms with E-state index in [2.05, 4.69) is 4.74 Å². The Balaban J connectivity index is 2.27. The number of esters is 2. The van der Waals surface area contributed by atoms with E-state index in [1.807, 2.05) is 0 Å². The van der Waals surface area contributed by atoms with Gasteiger partial charge in [0.05, 0.1) is 19.8 Å². The molecule has 0 radical (unpaired) electrons. The normalized spacial score (nSPS) is 10.2. The minimum absolute atomic E-state index is 0.207. The van der Waals surface area contributed by atoms with Crippen molar-refractivity contribution < 1.29 is 28.2 Å². The first-order valence-corrected chi connectivity index (χ1v) is 6.51. The van der Waals surface area contributed by atoms with Crippen LogP contribution in [0, 0.1) is 13.8 Å². The van der Waals surface area contributed by atoms with Gasteiger partial charge < -0.3 is 18.6 Å². The summed E-state index contributed by atoms with van der Waals surface area (Å²) in [6.07, 6.45) is 0. The van der Waals surface area contributed by atoms with Crippen LogP contribution < -0.4 is 9.47 Å². The summed E-state index contributed by atoms with van der Waals surface area (Å²) in [5, 5.41) is 0. The molecule has 0 aliphatic rings. The molecular weight excluding hydrogens is 288 g/mol. The third-order valence-electron chi connectivity index (χ3n) is 3.05. The van der Waals surface area contributed by atoms with Crippen molar-refractivity contribution in [3.63, 3.8) is 0 Å². The van der Waals surface area contributed by atoms with Crippen molar-refractivity contribution >= 4 is 11.9 Å². The van der Waals surface area contributed by atoms with Crippen molar-refractivity contribution in [2.45, 2.75) is 13.8 Å². The molecule has 0 aliphatic carbocycles. The lowest BCUT2D eigenvalue weighted by atomic mass is 10.2. The second-order valence-corrected chi connectivity index (χ2v) is 4.57. The third-order valence-corrected chi connectivity index (χ3v) is 3.05. The molecule has 0 saturated heterocycles. The molecule has 1 aromatic carbocycles. The van der Waals surface area contributed by atoms with Crippen LogP contribution in [0.1, 0.15) is 32.2 Å². The van der Waals surface area contributed by atoms with Gasteiger partial charge in [0.25, 0.3) is 0 Å². The van der Waals surface area contributed by atoms with Gasteiger partial charge in [-0.25, -0.2) is 9.59 Å². The first-order chi connectivity index (χ1) is 10.5. The number of methoxy groups -OCH3 is 2. The van der Waals surface area contributed by atoms with Crippen molar-refractivity contribution in [3.05, 3.63) is 46.9 Å². The van der Waals surface area contributed by atoms with Gasteiger partial charge in [0.2, 0.25) is 0 Å². The second-order valence-electron chi connectivity index (χ2n) is 4.57. The average Bonchev–Trinajstić information content (AvgIpc) is 2.85. The van der Waals surface area contributed by atoms with Crippen molar-refractivity contribution in [3.8, 4) is 11.5 Å². The van der Waals surface area contributed by atoms with Crippen molar-refractivity contribution in [1.82, 2.24) is 0 Å². The molecule has 0 amide bonds. The molecule has 0 aliphatic heterocycles. The highest BCUT2D eigenvalue weighted by atomic mass is 16.6. The summed E-state index contributed by atoms with van der Waals surface area (Å²) in [5.41, 5.74) is 0.645. The number of rotatable bonds is 4. The largest absolute Gasteiger partial charge is 0.493 e. The van der Waals surface area contributed by atoms with Gasteiger partial charge in [-0.2, -0.15) is 0 Å². The molecule has 6 heteroatoms. The van der Waals surface area contributed by atoms with Gasteiger partial charge in [-0.15, -0.1) is 0 Å². The van der Waals surface area contributed by atoms with E-state index in [-0.39, 0.29) is 11.5 Å². The maximum atomic E-state index is 12.2. The predicted molar refractivity (Wildman–Crippen MR) is 77.5 cm³/mol. The fourth-order valence-corrected chi connectivity index (χ4v) is 1.99. The van der Waals surface area contributed by atoms with Gasteiger partial charge >= 0.3 is 11.9 Å². The Labute approximate surface area is 127 Å². The smallest absolute Gasteiger partial charge is 0.347 e. The maximum absolute atomic E-state index is 12.2. The van der Waals surface area contributed by atoms with E-state index in [1.54, 1.807) is 19.9 Å². The number of furan rings is 1. The van der Waals surface area contributed by atoms with E-state index in [0.29, 0.717) is 22.6 Å². The number of hydrogen-bond acceptors (Lipinski definition) is 6. The number of benzene rings is 1. The molecule has 0 atom stereocenters. The van der Waals surface area contributed by atoms with Gasteiger partial charge in [0, 0.05) is 0 Å². The van der Waals surface area contributed by atoms with E-state index >= 15 is 0 Å². The molecule has 6 nitrogen and oxygen atoms in total. The molecule has 0 spiro atoms. The summed E-state index contributed by atoms with van der Waals surface area (Å²) < 4.78 is 20.4. The molecule has 0 saturated carbocycles. The van der Waals surface area contributed by atoms with Crippen LogP contribution in [0.2, 0.25) is 0 Å². The van der Waals surface area contributed by atoms with Gasteiger partial charge in [-0.05, 0) is 38.1 Å². The number of aryl methyl sites for hydroxylation is 2. The quantitative estimate of drug-likeness (QED) is 0.638. The predicted octanol–water partition coefficient (Wildman–Crippen LogP) is 2.91. The minimum atomic E-state index is -0.557. The standard InChI is InChI=1S/C16H16O6/c1-9-7-12(10(2)21-9)16(18)22-13-6-5-11(15(17)20-4)8-14(13)19-3/h5-8H,1-4H3. The summed E-state index contributed by atoms with van der Waals surface area (Å²) in [5.74, 6) is 0.508. The van der Waals surface area contributed by atoms with Crippen molar-refractivity contribution in [1.29, 1.82) is 0 Å². The van der Waals surface area contributed by atoms with E-state index in [9.17, 15) is 9.59 Å². The average molecular weight is 304 g/mol. The highest BCUT2D eigenvalue weighted by Gasteiger charge is 2.19. The fourth-order valence-electron chi connectivity index (χ4n) is 1.99. The Morgan fingerprint density at radius 1 is 1.00 bits per heavy atom. The van der Waals surface area contributed by atoms with Crippen LogP contribution >= 0.6 is 0 Å². The first-order valence-electron chi connectivity index (χ1n) is 6.51.